The van der Waals surface area contributed by atoms with Gasteiger partial charge in [0.25, 0.3) is 0 Å². The Morgan fingerprint density at radius 3 is 1.92 bits per heavy atom. The molecule has 12 heavy (non-hydrogen) atoms. The number of rotatable bonds is 8. The lowest BCUT2D eigenvalue weighted by Gasteiger charge is -2.14. The van der Waals surface area contributed by atoms with E-state index in [1.807, 2.05) is 13.8 Å². The van der Waals surface area contributed by atoms with E-state index in [1.54, 1.807) is 0 Å². The lowest BCUT2D eigenvalue weighted by atomic mass is 10.4. The van der Waals surface area contributed by atoms with Gasteiger partial charge in [0.2, 0.25) is 0 Å². The van der Waals surface area contributed by atoms with Crippen LogP contribution in [0.25, 0.3) is 0 Å². The second-order valence-electron chi connectivity index (χ2n) is 2.25. The molecule has 4 heteroatoms. The molecule has 0 amide bonds. The number of hydrogen-bond donors (Lipinski definition) is 0. The molecule has 0 heterocycles. The first kappa shape index (κ1) is 12.3. The molecular weight excluding hydrogens is 175 g/mol. The highest BCUT2D eigenvalue weighted by Crippen LogP contribution is 2.39. The Morgan fingerprint density at radius 1 is 0.917 bits per heavy atom. The Kier molecular flexibility index (Phi) is 9.64. The topological polar surface area (TPSA) is 27.7 Å². The second-order valence-corrected chi connectivity index (χ2v) is 3.47. The van der Waals surface area contributed by atoms with E-state index in [0.29, 0.717) is 13.2 Å². The molecule has 0 saturated carbocycles. The van der Waals surface area contributed by atoms with Crippen molar-refractivity contribution in [2.75, 3.05) is 19.8 Å². The zero-order valence-corrected chi connectivity index (χ0v) is 9.10. The first-order valence-corrected chi connectivity index (χ1v) is 5.63. The van der Waals surface area contributed by atoms with Crippen molar-refractivity contribution >= 4 is 8.60 Å². The predicted octanol–water partition coefficient (Wildman–Crippen LogP) is 3.10. The Labute approximate surface area is 76.4 Å². The summed E-state index contributed by atoms with van der Waals surface area (Å²) in [4.78, 5) is 0. The van der Waals surface area contributed by atoms with Crippen molar-refractivity contribution in [3.8, 4) is 0 Å². The van der Waals surface area contributed by atoms with Gasteiger partial charge in [-0.15, -0.1) is 0 Å². The third kappa shape index (κ3) is 6.99. The molecule has 0 saturated heterocycles. The molecule has 0 aliphatic carbocycles. The molecule has 0 fully saturated rings. The molecule has 3 nitrogen and oxygen atoms in total. The van der Waals surface area contributed by atoms with Gasteiger partial charge in [0.05, 0.1) is 19.8 Å². The van der Waals surface area contributed by atoms with Crippen molar-refractivity contribution < 1.29 is 13.6 Å². The van der Waals surface area contributed by atoms with E-state index in [0.717, 1.165) is 19.4 Å². The third-order valence-electron chi connectivity index (χ3n) is 1.16. The molecule has 0 aliphatic rings. The summed E-state index contributed by atoms with van der Waals surface area (Å²) in [6.07, 6.45) is 2.21. The molecule has 0 spiro atoms. The SMILES string of the molecule is CCCCOP(OCC)OCC. The van der Waals surface area contributed by atoms with Gasteiger partial charge in [0.1, 0.15) is 0 Å². The van der Waals surface area contributed by atoms with Gasteiger partial charge in [-0.3, -0.25) is 0 Å². The molecule has 0 rings (SSSR count). The molecule has 0 unspecified atom stereocenters. The summed E-state index contributed by atoms with van der Waals surface area (Å²) in [6, 6.07) is 0. The summed E-state index contributed by atoms with van der Waals surface area (Å²) in [5, 5.41) is 0. The highest BCUT2D eigenvalue weighted by atomic mass is 31.2. The van der Waals surface area contributed by atoms with Crippen molar-refractivity contribution in [3.63, 3.8) is 0 Å². The summed E-state index contributed by atoms with van der Waals surface area (Å²) in [5.74, 6) is 0. The molecule has 0 aromatic heterocycles. The standard InChI is InChI=1S/C8H19O3P/c1-4-7-8-11-12(9-5-2)10-6-3/h4-8H2,1-3H3. The number of unbranched alkanes of at least 4 members (excludes halogenated alkanes) is 1. The van der Waals surface area contributed by atoms with Gasteiger partial charge < -0.3 is 13.6 Å². The second kappa shape index (κ2) is 9.40. The van der Waals surface area contributed by atoms with Gasteiger partial charge in [0, 0.05) is 0 Å². The quantitative estimate of drug-likeness (QED) is 0.439. The van der Waals surface area contributed by atoms with Crippen molar-refractivity contribution in [1.29, 1.82) is 0 Å². The molecule has 0 bridgehead atoms. The predicted molar refractivity (Wildman–Crippen MR) is 51.0 cm³/mol. The smallest absolute Gasteiger partial charge is 0.313 e. The first-order valence-electron chi connectivity index (χ1n) is 4.54. The molecule has 0 aromatic carbocycles. The van der Waals surface area contributed by atoms with Gasteiger partial charge in [-0.2, -0.15) is 0 Å². The van der Waals surface area contributed by atoms with Gasteiger partial charge in [-0.1, -0.05) is 13.3 Å². The van der Waals surface area contributed by atoms with Crippen LogP contribution in [0, 0.1) is 0 Å². The Hall–Kier alpha value is 0.310. The molecule has 0 aliphatic heterocycles. The van der Waals surface area contributed by atoms with Crippen LogP contribution in [0.1, 0.15) is 33.6 Å². The summed E-state index contributed by atoms with van der Waals surface area (Å²) in [6.45, 7) is 8.06. The van der Waals surface area contributed by atoms with Crippen molar-refractivity contribution in [2.24, 2.45) is 0 Å². The van der Waals surface area contributed by atoms with E-state index in [1.165, 1.54) is 0 Å². The van der Waals surface area contributed by atoms with Gasteiger partial charge in [-0.25, -0.2) is 0 Å². The van der Waals surface area contributed by atoms with E-state index < -0.39 is 8.60 Å². The molecular formula is C8H19O3P. The maximum absolute atomic E-state index is 5.38. The fourth-order valence-corrected chi connectivity index (χ4v) is 1.53. The molecule has 0 atom stereocenters. The fourth-order valence-electron chi connectivity index (χ4n) is 0.606. The van der Waals surface area contributed by atoms with Crippen LogP contribution in [0.5, 0.6) is 0 Å². The van der Waals surface area contributed by atoms with E-state index in [2.05, 4.69) is 6.92 Å². The third-order valence-corrected chi connectivity index (χ3v) is 2.50. The van der Waals surface area contributed by atoms with Crippen LogP contribution in [-0.2, 0) is 13.6 Å². The highest BCUT2D eigenvalue weighted by molar-refractivity contribution is 7.41. The lowest BCUT2D eigenvalue weighted by molar-refractivity contribution is 0.169. The van der Waals surface area contributed by atoms with Gasteiger partial charge in [-0.05, 0) is 20.3 Å². The van der Waals surface area contributed by atoms with Gasteiger partial charge in [0.15, 0.2) is 0 Å². The monoisotopic (exact) mass is 194 g/mol. The average Bonchev–Trinajstić information content (AvgIpc) is 2.06. The Bertz CT molecular complexity index is 84.4. The minimum absolute atomic E-state index is 0.651. The van der Waals surface area contributed by atoms with Gasteiger partial charge >= 0.3 is 8.60 Å². The Morgan fingerprint density at radius 2 is 1.50 bits per heavy atom. The zero-order chi connectivity index (χ0) is 9.23. The van der Waals surface area contributed by atoms with Crippen LogP contribution in [0.2, 0.25) is 0 Å². The van der Waals surface area contributed by atoms with Crippen LogP contribution in [0.3, 0.4) is 0 Å². The van der Waals surface area contributed by atoms with Crippen LogP contribution in [0.4, 0.5) is 0 Å². The van der Waals surface area contributed by atoms with E-state index in [9.17, 15) is 0 Å². The summed E-state index contributed by atoms with van der Waals surface area (Å²) >= 11 is 0. The van der Waals surface area contributed by atoms with E-state index in [4.69, 9.17) is 13.6 Å². The Balaban J connectivity index is 3.34. The lowest BCUT2D eigenvalue weighted by Crippen LogP contribution is -1.96. The van der Waals surface area contributed by atoms with Crippen molar-refractivity contribution in [2.45, 2.75) is 33.6 Å². The summed E-state index contributed by atoms with van der Waals surface area (Å²) in [7, 11) is -1.07. The highest BCUT2D eigenvalue weighted by Gasteiger charge is 2.09. The van der Waals surface area contributed by atoms with Crippen LogP contribution < -0.4 is 0 Å². The average molecular weight is 194 g/mol. The first-order chi connectivity index (χ1) is 5.85. The van der Waals surface area contributed by atoms with Crippen molar-refractivity contribution in [1.82, 2.24) is 0 Å². The maximum atomic E-state index is 5.38. The molecule has 0 aromatic rings. The van der Waals surface area contributed by atoms with Crippen LogP contribution in [0.15, 0.2) is 0 Å². The minimum Gasteiger partial charge on any atom is -0.313 e. The minimum atomic E-state index is -1.07. The van der Waals surface area contributed by atoms with Crippen molar-refractivity contribution in [3.05, 3.63) is 0 Å². The van der Waals surface area contributed by atoms with E-state index >= 15 is 0 Å². The molecule has 0 N–H and O–H groups in total. The summed E-state index contributed by atoms with van der Waals surface area (Å²) < 4.78 is 15.9. The van der Waals surface area contributed by atoms with Crippen LogP contribution >= 0.6 is 8.60 Å². The fraction of sp³-hybridized carbons (Fsp3) is 1.00. The largest absolute Gasteiger partial charge is 0.332 e. The summed E-state index contributed by atoms with van der Waals surface area (Å²) in [5.41, 5.74) is 0. The van der Waals surface area contributed by atoms with E-state index in [-0.39, 0.29) is 0 Å². The van der Waals surface area contributed by atoms with Crippen LogP contribution in [-0.4, -0.2) is 19.8 Å². The maximum Gasteiger partial charge on any atom is 0.332 e. The molecule has 0 radical (unpaired) electrons. The molecule has 74 valence electrons. The zero-order valence-electron chi connectivity index (χ0n) is 8.21. The number of hydrogen-bond acceptors (Lipinski definition) is 3. The normalized spacial score (nSPS) is 11.0.